The van der Waals surface area contributed by atoms with Crippen molar-refractivity contribution in [1.82, 2.24) is 9.99 Å². The lowest BCUT2D eigenvalue weighted by Crippen LogP contribution is -2.25. The van der Waals surface area contributed by atoms with Gasteiger partial charge in [-0.3, -0.25) is 9.59 Å². The molecule has 0 aliphatic carbocycles. The van der Waals surface area contributed by atoms with Crippen LogP contribution in [-0.2, 0) is 4.79 Å². The van der Waals surface area contributed by atoms with Gasteiger partial charge in [0.2, 0.25) is 5.91 Å². The van der Waals surface area contributed by atoms with E-state index in [0.29, 0.717) is 24.1 Å². The minimum atomic E-state index is -0.161. The van der Waals surface area contributed by atoms with Gasteiger partial charge in [-0.25, -0.2) is 5.01 Å². The number of hydrogen-bond donors (Lipinski definition) is 1. The van der Waals surface area contributed by atoms with Crippen molar-refractivity contribution in [2.75, 3.05) is 0 Å². The second-order valence-corrected chi connectivity index (χ2v) is 8.92. The highest BCUT2D eigenvalue weighted by atomic mass is 79.9. The van der Waals surface area contributed by atoms with Gasteiger partial charge < -0.3 is 4.98 Å². The lowest BCUT2D eigenvalue weighted by Gasteiger charge is -2.19. The second kappa shape index (κ2) is 6.75. The number of hydrogen-bond acceptors (Lipinski definition) is 5. The lowest BCUT2D eigenvalue weighted by atomic mass is 9.99. The summed E-state index contributed by atoms with van der Waals surface area (Å²) >= 11 is 6.58. The molecule has 1 atom stereocenters. The van der Waals surface area contributed by atoms with Crippen LogP contribution >= 0.6 is 38.6 Å². The molecule has 4 rings (SSSR count). The van der Waals surface area contributed by atoms with E-state index in [1.54, 1.807) is 16.3 Å². The van der Waals surface area contributed by atoms with Gasteiger partial charge in [0.05, 0.1) is 17.3 Å². The number of halogens is 1. The van der Waals surface area contributed by atoms with Crippen LogP contribution in [0.1, 0.15) is 41.8 Å². The average Bonchev–Trinajstić information content (AvgIpc) is 3.33. The molecular formula is C18H16BrN3O2S2. The molecule has 0 saturated carbocycles. The van der Waals surface area contributed by atoms with Crippen molar-refractivity contribution in [2.45, 2.75) is 32.7 Å². The van der Waals surface area contributed by atoms with E-state index in [1.165, 1.54) is 11.3 Å². The minimum Gasteiger partial charge on any atom is -0.313 e. The number of pyridine rings is 1. The monoisotopic (exact) mass is 449 g/mol. The maximum atomic E-state index is 12.7. The van der Waals surface area contributed by atoms with E-state index in [-0.39, 0.29) is 17.5 Å². The predicted octanol–water partition coefficient (Wildman–Crippen LogP) is 4.81. The van der Waals surface area contributed by atoms with Crippen LogP contribution in [-0.4, -0.2) is 21.6 Å². The van der Waals surface area contributed by atoms with E-state index >= 15 is 0 Å². The molecule has 1 N–H and O–H groups in total. The first-order valence-corrected chi connectivity index (χ1v) is 10.8. The van der Waals surface area contributed by atoms with Gasteiger partial charge in [0.1, 0.15) is 4.83 Å². The molecule has 3 aromatic rings. The summed E-state index contributed by atoms with van der Waals surface area (Å²) in [6.07, 6.45) is 0.914. The number of carbonyl (C=O) groups excluding carboxylic acids is 1. The number of fused-ring (bicyclic) bond motifs is 1. The van der Waals surface area contributed by atoms with Crippen molar-refractivity contribution in [1.29, 1.82) is 0 Å². The molecule has 3 aromatic heterocycles. The number of amides is 1. The summed E-state index contributed by atoms with van der Waals surface area (Å²) in [5.74, 6) is -0.0415. The van der Waals surface area contributed by atoms with Gasteiger partial charge in [-0.05, 0) is 45.9 Å². The minimum absolute atomic E-state index is 0.0415. The Morgan fingerprint density at radius 1 is 1.46 bits per heavy atom. The van der Waals surface area contributed by atoms with E-state index in [2.05, 4.69) is 26.0 Å². The summed E-state index contributed by atoms with van der Waals surface area (Å²) in [5, 5.41) is 11.1. The van der Waals surface area contributed by atoms with Crippen LogP contribution in [0.3, 0.4) is 0 Å². The van der Waals surface area contributed by atoms with Crippen LogP contribution in [0, 0.1) is 6.92 Å². The van der Waals surface area contributed by atoms with E-state index in [9.17, 15) is 9.59 Å². The maximum absolute atomic E-state index is 12.7. The molecule has 1 unspecified atom stereocenters. The number of thiophene rings is 2. The van der Waals surface area contributed by atoms with E-state index < -0.39 is 0 Å². The SMILES string of the molecule is CCC(=O)N1N=C(c2c(C)c3ccsc3[nH]c2=O)CC1c1cc(Br)cs1. The summed E-state index contributed by atoms with van der Waals surface area (Å²) < 4.78 is 0.989. The van der Waals surface area contributed by atoms with Crippen LogP contribution in [0.2, 0.25) is 0 Å². The molecule has 4 heterocycles. The number of aryl methyl sites for hydroxylation is 1. The Morgan fingerprint density at radius 3 is 2.96 bits per heavy atom. The van der Waals surface area contributed by atoms with Crippen molar-refractivity contribution in [3.8, 4) is 0 Å². The third-order valence-electron chi connectivity index (χ3n) is 4.57. The van der Waals surface area contributed by atoms with Crippen molar-refractivity contribution < 1.29 is 4.79 Å². The number of nitrogens with zero attached hydrogens (tertiary/aromatic N) is 2. The van der Waals surface area contributed by atoms with Crippen molar-refractivity contribution >= 4 is 60.4 Å². The molecule has 0 spiro atoms. The molecule has 0 radical (unpaired) electrons. The summed E-state index contributed by atoms with van der Waals surface area (Å²) in [5.41, 5.74) is 2.03. The highest BCUT2D eigenvalue weighted by molar-refractivity contribution is 9.10. The maximum Gasteiger partial charge on any atom is 0.258 e. The molecule has 8 heteroatoms. The standard InChI is InChI=1S/C18H16BrN3O2S2/c1-3-15(23)22-13(14-6-10(19)8-26-14)7-12(21-22)16-9(2)11-4-5-25-18(11)20-17(16)24/h4-6,8,13H,3,7H2,1-2H3,(H,20,24). The molecule has 0 saturated heterocycles. The molecule has 1 amide bonds. The summed E-state index contributed by atoms with van der Waals surface area (Å²) in [6.45, 7) is 3.77. The molecule has 1 aliphatic heterocycles. The van der Waals surface area contributed by atoms with Crippen LogP contribution in [0.15, 0.2) is 37.3 Å². The highest BCUT2D eigenvalue weighted by Gasteiger charge is 2.34. The number of aromatic nitrogens is 1. The number of hydrazone groups is 1. The van der Waals surface area contributed by atoms with E-state index in [0.717, 1.165) is 25.1 Å². The Hall–Kier alpha value is -1.77. The zero-order valence-corrected chi connectivity index (χ0v) is 17.4. The van der Waals surface area contributed by atoms with Gasteiger partial charge in [-0.2, -0.15) is 5.10 Å². The number of H-pyrrole nitrogens is 1. The van der Waals surface area contributed by atoms with Crippen LogP contribution in [0.5, 0.6) is 0 Å². The molecule has 1 aliphatic rings. The smallest absolute Gasteiger partial charge is 0.258 e. The number of aromatic amines is 1. The molecular weight excluding hydrogens is 434 g/mol. The Labute approximate surface area is 166 Å². The Kier molecular flexibility index (Phi) is 4.58. The molecule has 0 bridgehead atoms. The first kappa shape index (κ1) is 17.6. The highest BCUT2D eigenvalue weighted by Crippen LogP contribution is 2.38. The number of rotatable bonds is 3. The molecule has 5 nitrogen and oxygen atoms in total. The summed E-state index contributed by atoms with van der Waals surface area (Å²) in [7, 11) is 0. The first-order chi connectivity index (χ1) is 12.5. The molecule has 134 valence electrons. The first-order valence-electron chi connectivity index (χ1n) is 8.23. The molecule has 0 aromatic carbocycles. The third kappa shape index (κ3) is 2.86. The summed E-state index contributed by atoms with van der Waals surface area (Å²) in [6, 6.07) is 3.86. The molecule has 26 heavy (non-hydrogen) atoms. The van der Waals surface area contributed by atoms with Crippen LogP contribution in [0.25, 0.3) is 10.2 Å². The normalized spacial score (nSPS) is 17.1. The Balaban J connectivity index is 1.82. The van der Waals surface area contributed by atoms with E-state index in [4.69, 9.17) is 0 Å². The van der Waals surface area contributed by atoms with Gasteiger partial charge in [0.25, 0.3) is 5.56 Å². The number of carbonyl (C=O) groups is 1. The predicted molar refractivity (Wildman–Crippen MR) is 110 cm³/mol. The lowest BCUT2D eigenvalue weighted by molar-refractivity contribution is -0.132. The van der Waals surface area contributed by atoms with E-state index in [1.807, 2.05) is 36.7 Å². The zero-order valence-electron chi connectivity index (χ0n) is 14.2. The van der Waals surface area contributed by atoms with Crippen molar-refractivity contribution in [2.24, 2.45) is 5.10 Å². The van der Waals surface area contributed by atoms with Crippen LogP contribution in [0.4, 0.5) is 0 Å². The van der Waals surface area contributed by atoms with Gasteiger partial charge in [-0.1, -0.05) is 6.92 Å². The number of nitrogens with one attached hydrogen (secondary N) is 1. The quantitative estimate of drug-likeness (QED) is 0.623. The van der Waals surface area contributed by atoms with Crippen LogP contribution < -0.4 is 5.56 Å². The van der Waals surface area contributed by atoms with Gasteiger partial charge >= 0.3 is 0 Å². The summed E-state index contributed by atoms with van der Waals surface area (Å²) in [4.78, 5) is 30.0. The largest absolute Gasteiger partial charge is 0.313 e. The van der Waals surface area contributed by atoms with Gasteiger partial charge in [-0.15, -0.1) is 22.7 Å². The van der Waals surface area contributed by atoms with Crippen molar-refractivity contribution in [3.05, 3.63) is 53.7 Å². The fourth-order valence-electron chi connectivity index (χ4n) is 3.30. The third-order valence-corrected chi connectivity index (χ3v) is 7.20. The molecule has 0 fully saturated rings. The topological polar surface area (TPSA) is 65.5 Å². The van der Waals surface area contributed by atoms with Gasteiger partial charge in [0, 0.05) is 33.0 Å². The second-order valence-electron chi connectivity index (χ2n) is 6.14. The average molecular weight is 450 g/mol. The Bertz CT molecular complexity index is 1100. The van der Waals surface area contributed by atoms with Crippen molar-refractivity contribution in [3.63, 3.8) is 0 Å². The van der Waals surface area contributed by atoms with Gasteiger partial charge in [0.15, 0.2) is 0 Å². The Morgan fingerprint density at radius 2 is 2.27 bits per heavy atom. The fraction of sp³-hybridized carbons (Fsp3) is 0.278. The zero-order chi connectivity index (χ0) is 18.4. The fourth-order valence-corrected chi connectivity index (χ4v) is 5.67.